The van der Waals surface area contributed by atoms with Gasteiger partial charge in [0.25, 0.3) is 0 Å². The number of aromatic nitrogens is 1. The van der Waals surface area contributed by atoms with Crippen LogP contribution in [0.3, 0.4) is 0 Å². The zero-order chi connectivity index (χ0) is 11.8. The highest BCUT2D eigenvalue weighted by molar-refractivity contribution is 5.43. The van der Waals surface area contributed by atoms with Crippen LogP contribution in [0.1, 0.15) is 32.3 Å². The Morgan fingerprint density at radius 1 is 1.25 bits per heavy atom. The van der Waals surface area contributed by atoms with Gasteiger partial charge in [-0.2, -0.15) is 0 Å². The van der Waals surface area contributed by atoms with Crippen LogP contribution in [0.5, 0.6) is 0 Å². The fourth-order valence-corrected chi connectivity index (χ4v) is 1.71. The highest BCUT2D eigenvalue weighted by Crippen LogP contribution is 2.14. The predicted molar refractivity (Wildman–Crippen MR) is 67.8 cm³/mol. The summed E-state index contributed by atoms with van der Waals surface area (Å²) in [5, 5.41) is 3.48. The number of hydrogen-bond donors (Lipinski definition) is 1. The van der Waals surface area contributed by atoms with E-state index in [-0.39, 0.29) is 0 Å². The lowest BCUT2D eigenvalue weighted by atomic mass is 10.1. The molecule has 1 saturated heterocycles. The van der Waals surface area contributed by atoms with Crippen molar-refractivity contribution in [2.45, 2.75) is 39.7 Å². The van der Waals surface area contributed by atoms with Gasteiger partial charge in [-0.25, -0.2) is 0 Å². The molecular weight excluding hydrogens is 200 g/mol. The van der Waals surface area contributed by atoms with Crippen molar-refractivity contribution < 1.29 is 4.74 Å². The number of pyridine rings is 1. The van der Waals surface area contributed by atoms with Crippen molar-refractivity contribution in [3.8, 4) is 0 Å². The smallest absolute Gasteiger partial charge is 0.0531 e. The van der Waals surface area contributed by atoms with Gasteiger partial charge in [0.1, 0.15) is 0 Å². The average Bonchev–Trinajstić information content (AvgIpc) is 2.33. The van der Waals surface area contributed by atoms with E-state index in [0.717, 1.165) is 31.7 Å². The van der Waals surface area contributed by atoms with Crippen molar-refractivity contribution >= 4 is 5.69 Å². The zero-order valence-corrected chi connectivity index (χ0v) is 10.5. The SMILES string of the molecule is CC.Cc1cncc(NC2CCOCC2)c1. The zero-order valence-electron chi connectivity index (χ0n) is 10.5. The molecule has 1 N–H and O–H groups in total. The van der Waals surface area contributed by atoms with Gasteiger partial charge in [-0.3, -0.25) is 4.98 Å². The summed E-state index contributed by atoms with van der Waals surface area (Å²) in [6.45, 7) is 7.80. The minimum atomic E-state index is 0.548. The van der Waals surface area contributed by atoms with Crippen molar-refractivity contribution in [3.05, 3.63) is 24.0 Å². The first-order valence-corrected chi connectivity index (χ1v) is 6.10. The van der Waals surface area contributed by atoms with E-state index in [4.69, 9.17) is 4.74 Å². The lowest BCUT2D eigenvalue weighted by Gasteiger charge is -2.24. The summed E-state index contributed by atoms with van der Waals surface area (Å²) < 4.78 is 5.31. The quantitative estimate of drug-likeness (QED) is 0.835. The van der Waals surface area contributed by atoms with E-state index >= 15 is 0 Å². The van der Waals surface area contributed by atoms with Gasteiger partial charge >= 0.3 is 0 Å². The first kappa shape index (κ1) is 13.0. The van der Waals surface area contributed by atoms with Gasteiger partial charge in [0.05, 0.1) is 5.69 Å². The Morgan fingerprint density at radius 3 is 2.56 bits per heavy atom. The lowest BCUT2D eigenvalue weighted by Crippen LogP contribution is -2.27. The molecule has 0 unspecified atom stereocenters. The second-order valence-electron chi connectivity index (χ2n) is 3.78. The summed E-state index contributed by atoms with van der Waals surface area (Å²) in [4.78, 5) is 4.16. The van der Waals surface area contributed by atoms with E-state index in [1.807, 2.05) is 26.2 Å². The molecule has 2 rings (SSSR count). The summed E-state index contributed by atoms with van der Waals surface area (Å²) in [5.74, 6) is 0. The Balaban J connectivity index is 0.000000606. The second-order valence-corrected chi connectivity index (χ2v) is 3.78. The molecule has 16 heavy (non-hydrogen) atoms. The van der Waals surface area contributed by atoms with Crippen LogP contribution >= 0.6 is 0 Å². The predicted octanol–water partition coefficient (Wildman–Crippen LogP) is 3.01. The van der Waals surface area contributed by atoms with E-state index in [1.165, 1.54) is 5.56 Å². The van der Waals surface area contributed by atoms with Crippen LogP contribution in [0.15, 0.2) is 18.5 Å². The average molecular weight is 222 g/mol. The number of rotatable bonds is 2. The molecule has 0 bridgehead atoms. The first-order chi connectivity index (χ1) is 7.84. The normalized spacial score (nSPS) is 16.2. The Morgan fingerprint density at radius 2 is 1.94 bits per heavy atom. The van der Waals surface area contributed by atoms with Crippen LogP contribution < -0.4 is 5.32 Å². The van der Waals surface area contributed by atoms with E-state index in [0.29, 0.717) is 6.04 Å². The minimum Gasteiger partial charge on any atom is -0.381 e. The third kappa shape index (κ3) is 4.19. The van der Waals surface area contributed by atoms with Crippen LogP contribution in [0.25, 0.3) is 0 Å². The molecule has 0 spiro atoms. The summed E-state index contributed by atoms with van der Waals surface area (Å²) in [6.07, 6.45) is 5.93. The van der Waals surface area contributed by atoms with Crippen LogP contribution in [0, 0.1) is 6.92 Å². The molecule has 3 nitrogen and oxygen atoms in total. The second kappa shape index (κ2) is 7.23. The van der Waals surface area contributed by atoms with Gasteiger partial charge in [-0.1, -0.05) is 13.8 Å². The Hall–Kier alpha value is -1.09. The summed E-state index contributed by atoms with van der Waals surface area (Å²) in [5.41, 5.74) is 2.32. The molecule has 0 aliphatic carbocycles. The number of anilines is 1. The Kier molecular flexibility index (Phi) is 5.86. The summed E-state index contributed by atoms with van der Waals surface area (Å²) >= 11 is 0. The van der Waals surface area contributed by atoms with Crippen LogP contribution in [0.2, 0.25) is 0 Å². The van der Waals surface area contributed by atoms with Gasteiger partial charge in [0.2, 0.25) is 0 Å². The molecule has 2 heterocycles. The molecule has 0 amide bonds. The topological polar surface area (TPSA) is 34.2 Å². The molecule has 1 fully saturated rings. The fourth-order valence-electron chi connectivity index (χ4n) is 1.71. The molecule has 0 radical (unpaired) electrons. The fraction of sp³-hybridized carbons (Fsp3) is 0.615. The van der Waals surface area contributed by atoms with E-state index < -0.39 is 0 Å². The van der Waals surface area contributed by atoms with Gasteiger partial charge in [-0.05, 0) is 31.4 Å². The highest BCUT2D eigenvalue weighted by atomic mass is 16.5. The Bertz CT molecular complexity index is 296. The number of nitrogens with one attached hydrogen (secondary N) is 1. The summed E-state index contributed by atoms with van der Waals surface area (Å²) in [7, 11) is 0. The van der Waals surface area contributed by atoms with Crippen molar-refractivity contribution in [1.29, 1.82) is 0 Å². The van der Waals surface area contributed by atoms with Crippen LogP contribution in [-0.4, -0.2) is 24.2 Å². The number of nitrogens with zero attached hydrogens (tertiary/aromatic N) is 1. The van der Waals surface area contributed by atoms with E-state index in [1.54, 1.807) is 0 Å². The number of aryl methyl sites for hydroxylation is 1. The maximum Gasteiger partial charge on any atom is 0.0531 e. The molecule has 3 heteroatoms. The molecule has 1 aliphatic rings. The molecule has 1 aromatic rings. The maximum absolute atomic E-state index is 5.31. The lowest BCUT2D eigenvalue weighted by molar-refractivity contribution is 0.0904. The van der Waals surface area contributed by atoms with Gasteiger partial charge in [0, 0.05) is 31.6 Å². The third-order valence-corrected chi connectivity index (χ3v) is 2.47. The molecular formula is C13H22N2O. The summed E-state index contributed by atoms with van der Waals surface area (Å²) in [6, 6.07) is 2.68. The number of hydrogen-bond acceptors (Lipinski definition) is 3. The molecule has 90 valence electrons. The van der Waals surface area contributed by atoms with Crippen molar-refractivity contribution in [1.82, 2.24) is 4.98 Å². The monoisotopic (exact) mass is 222 g/mol. The number of ether oxygens (including phenoxy) is 1. The van der Waals surface area contributed by atoms with Crippen LogP contribution in [-0.2, 0) is 4.74 Å². The molecule has 0 atom stereocenters. The van der Waals surface area contributed by atoms with Gasteiger partial charge < -0.3 is 10.1 Å². The van der Waals surface area contributed by atoms with E-state index in [2.05, 4.69) is 23.3 Å². The molecule has 0 aromatic carbocycles. The first-order valence-electron chi connectivity index (χ1n) is 6.10. The van der Waals surface area contributed by atoms with Gasteiger partial charge in [0.15, 0.2) is 0 Å². The maximum atomic E-state index is 5.31. The largest absolute Gasteiger partial charge is 0.381 e. The molecule has 0 saturated carbocycles. The van der Waals surface area contributed by atoms with E-state index in [9.17, 15) is 0 Å². The standard InChI is InChI=1S/C11H16N2O.C2H6/c1-9-6-11(8-12-7-9)13-10-2-4-14-5-3-10;1-2/h6-8,10,13H,2-5H2,1H3;1-2H3. The van der Waals surface area contributed by atoms with Crippen molar-refractivity contribution in [2.24, 2.45) is 0 Å². The Labute approximate surface area is 98.2 Å². The van der Waals surface area contributed by atoms with Crippen LogP contribution in [0.4, 0.5) is 5.69 Å². The third-order valence-electron chi connectivity index (χ3n) is 2.47. The van der Waals surface area contributed by atoms with Crippen molar-refractivity contribution in [3.63, 3.8) is 0 Å². The highest BCUT2D eigenvalue weighted by Gasteiger charge is 2.12. The molecule has 1 aromatic heterocycles. The molecule has 1 aliphatic heterocycles. The minimum absolute atomic E-state index is 0.548. The van der Waals surface area contributed by atoms with Gasteiger partial charge in [-0.15, -0.1) is 0 Å². The van der Waals surface area contributed by atoms with Crippen molar-refractivity contribution in [2.75, 3.05) is 18.5 Å².